The highest BCUT2D eigenvalue weighted by Gasteiger charge is 2.40. The van der Waals surface area contributed by atoms with Crippen LogP contribution in [0.2, 0.25) is 0 Å². The number of hydrogen-bond donors (Lipinski definition) is 3. The molecule has 0 spiro atoms. The number of rotatable bonds is 18. The van der Waals surface area contributed by atoms with E-state index in [0.717, 1.165) is 19.3 Å². The number of amides is 3. The van der Waals surface area contributed by atoms with Crippen LogP contribution in [0, 0.1) is 0 Å². The zero-order valence-electron chi connectivity index (χ0n) is 20.0. The molecule has 10 nitrogen and oxygen atoms in total. The fraction of sp³-hybridized carbons (Fsp3) is 0.571. The van der Waals surface area contributed by atoms with Gasteiger partial charge in [-0.2, -0.15) is 4.57 Å². The van der Waals surface area contributed by atoms with Gasteiger partial charge in [-0.25, -0.2) is 0 Å². The summed E-state index contributed by atoms with van der Waals surface area (Å²) in [5.41, 5.74) is 2.12. The first-order valence-corrected chi connectivity index (χ1v) is 13.9. The molecule has 0 unspecified atom stereocenters. The van der Waals surface area contributed by atoms with Crippen molar-refractivity contribution in [1.29, 1.82) is 0 Å². The molecule has 0 radical (unpaired) electrons. The van der Waals surface area contributed by atoms with Gasteiger partial charge in [0, 0.05) is 19.6 Å². The summed E-state index contributed by atoms with van der Waals surface area (Å²) in [6.45, 7) is 6.64. The van der Waals surface area contributed by atoms with Crippen LogP contribution in [0.3, 0.4) is 0 Å². The first-order chi connectivity index (χ1) is 16.7. The van der Waals surface area contributed by atoms with Crippen LogP contribution in [0.15, 0.2) is 33.9 Å². The molecular formula is C21H33Cl3N3O7P. The van der Waals surface area contributed by atoms with Gasteiger partial charge in [0.25, 0.3) is 17.7 Å². The number of carbonyl (C=O) groups is 3. The molecule has 0 aromatic rings. The lowest BCUT2D eigenvalue weighted by Gasteiger charge is -2.21. The number of carbonyl (C=O) groups excluding carboxylic acids is 3. The lowest BCUT2D eigenvalue weighted by atomic mass is 10.3. The second kappa shape index (κ2) is 19.3. The fourth-order valence-electron chi connectivity index (χ4n) is 2.15. The number of nitrogens with one attached hydrogen (secondary N) is 3. The van der Waals surface area contributed by atoms with E-state index < -0.39 is 42.8 Å². The van der Waals surface area contributed by atoms with Crippen molar-refractivity contribution in [3.63, 3.8) is 0 Å². The lowest BCUT2D eigenvalue weighted by Crippen LogP contribution is -2.29. The van der Waals surface area contributed by atoms with Gasteiger partial charge in [0.15, 0.2) is 0 Å². The average molecular weight is 577 g/mol. The third-order valence-corrected chi connectivity index (χ3v) is 5.90. The quantitative estimate of drug-likeness (QED) is 0.0891. The summed E-state index contributed by atoms with van der Waals surface area (Å²) in [4.78, 5) is 37.2. The van der Waals surface area contributed by atoms with Gasteiger partial charge in [-0.15, -0.1) is 0 Å². The van der Waals surface area contributed by atoms with Crippen LogP contribution in [0.4, 0.5) is 0 Å². The topological polar surface area (TPSA) is 132 Å². The minimum absolute atomic E-state index is 0.290. The fourth-order valence-corrected chi connectivity index (χ4v) is 4.01. The Labute approximate surface area is 221 Å². The first kappa shape index (κ1) is 33.1. The Hall–Kier alpha value is -1.87. The molecule has 200 valence electrons. The van der Waals surface area contributed by atoms with E-state index in [0.29, 0.717) is 35.9 Å². The highest BCUT2D eigenvalue weighted by Crippen LogP contribution is 2.55. The molecule has 0 saturated carbocycles. The van der Waals surface area contributed by atoms with Gasteiger partial charge in [0.05, 0.1) is 16.6 Å². The molecule has 3 amide bonds. The molecule has 0 bridgehead atoms. The highest BCUT2D eigenvalue weighted by molar-refractivity contribution is 7.49. The Morgan fingerprint density at radius 3 is 1.09 bits per heavy atom. The zero-order valence-corrected chi connectivity index (χ0v) is 23.2. The monoisotopic (exact) mass is 575 g/mol. The summed E-state index contributed by atoms with van der Waals surface area (Å²) in [6.07, 6.45) is 4.42. The molecule has 0 fully saturated rings. The predicted molar refractivity (Wildman–Crippen MR) is 136 cm³/mol. The van der Waals surface area contributed by atoms with Gasteiger partial charge >= 0.3 is 7.82 Å². The van der Waals surface area contributed by atoms with E-state index >= 15 is 0 Å². The number of hydrogen-bond acceptors (Lipinski definition) is 7. The summed E-state index contributed by atoms with van der Waals surface area (Å²) < 4.78 is 29.0. The van der Waals surface area contributed by atoms with Gasteiger partial charge in [0.1, 0.15) is 0 Å². The summed E-state index contributed by atoms with van der Waals surface area (Å²) in [6, 6.07) is 0. The van der Waals surface area contributed by atoms with Crippen LogP contribution in [0.1, 0.15) is 59.3 Å². The van der Waals surface area contributed by atoms with Crippen LogP contribution in [0.25, 0.3) is 0 Å². The molecule has 0 heterocycles. The average Bonchev–Trinajstić information content (AvgIpc) is 2.84. The van der Waals surface area contributed by atoms with Gasteiger partial charge in [0.2, 0.25) is 17.3 Å². The maximum absolute atomic E-state index is 13.5. The highest BCUT2D eigenvalue weighted by atomic mass is 35.5. The second-order valence-corrected chi connectivity index (χ2v) is 9.07. The van der Waals surface area contributed by atoms with Crippen LogP contribution in [-0.4, -0.2) is 37.4 Å². The normalized spacial score (nSPS) is 12.6. The Morgan fingerprint density at radius 2 is 0.886 bits per heavy atom. The Morgan fingerprint density at radius 1 is 0.629 bits per heavy atom. The first-order valence-electron chi connectivity index (χ1n) is 11.2. The molecule has 0 atom stereocenters. The lowest BCUT2D eigenvalue weighted by molar-refractivity contribution is -0.120. The Bertz CT molecular complexity index is 730. The van der Waals surface area contributed by atoms with Crippen molar-refractivity contribution < 1.29 is 32.5 Å². The molecule has 0 aromatic heterocycles. The van der Waals surface area contributed by atoms with Crippen LogP contribution >= 0.6 is 42.6 Å². The summed E-state index contributed by atoms with van der Waals surface area (Å²) in [7, 11) is -4.96. The maximum atomic E-state index is 13.5. The minimum Gasteiger partial charge on any atom is -0.379 e. The van der Waals surface area contributed by atoms with E-state index in [2.05, 4.69) is 16.0 Å². The summed E-state index contributed by atoms with van der Waals surface area (Å²) in [5, 5.41) is 7.55. The molecule has 0 saturated heterocycles. The van der Waals surface area contributed by atoms with E-state index in [1.54, 1.807) is 0 Å². The molecule has 35 heavy (non-hydrogen) atoms. The van der Waals surface area contributed by atoms with E-state index in [1.807, 2.05) is 20.8 Å². The third kappa shape index (κ3) is 13.7. The minimum atomic E-state index is -4.96. The van der Waals surface area contributed by atoms with Crippen molar-refractivity contribution in [3.05, 3.63) is 33.9 Å². The number of phosphoric acid groups is 1. The standard InChI is InChI=1S/C21H33Cl3N3O7P/c1-4-7-10-25-19(28)16(13-22)32-35(31,33-17(14-23)20(29)26-11-8-5-2)34-18(15-24)21(30)27-12-9-6-3/h13-15H,4-12H2,1-3H3,(H,25,28)(H,26,29)(H,27,30)/b16-13+,17-14+,18-15+. The van der Waals surface area contributed by atoms with Crippen molar-refractivity contribution in [3.8, 4) is 0 Å². The molecule has 0 aliphatic heterocycles. The Balaban J connectivity index is 5.87. The second-order valence-electron chi connectivity index (χ2n) is 6.97. The van der Waals surface area contributed by atoms with E-state index in [4.69, 9.17) is 48.4 Å². The van der Waals surface area contributed by atoms with E-state index in [9.17, 15) is 18.9 Å². The Kier molecular flexibility index (Phi) is 18.3. The molecule has 0 rings (SSSR count). The molecule has 3 N–H and O–H groups in total. The van der Waals surface area contributed by atoms with Gasteiger partial charge in [-0.05, 0) is 19.3 Å². The van der Waals surface area contributed by atoms with Crippen molar-refractivity contribution in [2.45, 2.75) is 59.3 Å². The van der Waals surface area contributed by atoms with Crippen LogP contribution in [0.5, 0.6) is 0 Å². The van der Waals surface area contributed by atoms with Crippen molar-refractivity contribution in [2.24, 2.45) is 0 Å². The number of halogens is 3. The smallest absolute Gasteiger partial charge is 0.379 e. The number of phosphoric ester groups is 1. The molecule has 14 heteroatoms. The van der Waals surface area contributed by atoms with Crippen molar-refractivity contribution in [1.82, 2.24) is 16.0 Å². The zero-order chi connectivity index (χ0) is 26.7. The molecule has 0 aliphatic rings. The van der Waals surface area contributed by atoms with Gasteiger partial charge in [-0.1, -0.05) is 74.8 Å². The largest absolute Gasteiger partial charge is 0.647 e. The van der Waals surface area contributed by atoms with Gasteiger partial charge in [-0.3, -0.25) is 14.4 Å². The van der Waals surface area contributed by atoms with Gasteiger partial charge < -0.3 is 29.5 Å². The van der Waals surface area contributed by atoms with Crippen LogP contribution < -0.4 is 16.0 Å². The summed E-state index contributed by atoms with van der Waals surface area (Å²) in [5.74, 6) is -4.42. The molecular weight excluding hydrogens is 544 g/mol. The molecule has 0 aromatic carbocycles. The number of unbranched alkanes of at least 4 members (excludes halogenated alkanes) is 3. The predicted octanol–water partition coefficient (Wildman–Crippen LogP) is 5.13. The van der Waals surface area contributed by atoms with Crippen molar-refractivity contribution in [2.75, 3.05) is 19.6 Å². The van der Waals surface area contributed by atoms with E-state index in [1.165, 1.54) is 0 Å². The van der Waals surface area contributed by atoms with Crippen molar-refractivity contribution >= 4 is 60.3 Å². The third-order valence-electron chi connectivity index (χ3n) is 4.05. The SMILES string of the molecule is CCCCNC(=O)/C(=C\Cl)OP(=O)(O/C(=C/Cl)C(=O)NCCCC)O/C(=C/Cl)C(=O)NCCCC. The van der Waals surface area contributed by atoms with E-state index in [-0.39, 0.29) is 19.6 Å². The molecule has 0 aliphatic carbocycles. The maximum Gasteiger partial charge on any atom is 0.647 e. The van der Waals surface area contributed by atoms with Crippen LogP contribution in [-0.2, 0) is 32.5 Å². The summed E-state index contributed by atoms with van der Waals surface area (Å²) >= 11 is 17.1.